The van der Waals surface area contributed by atoms with Crippen LogP contribution in [0.4, 0.5) is 0 Å². The molecule has 0 saturated carbocycles. The zero-order valence-electron chi connectivity index (χ0n) is 4.41. The molecule has 1 rings (SSSR count). The largest absolute Gasteiger partial charge is 0.229 e. The van der Waals surface area contributed by atoms with Gasteiger partial charge >= 0.3 is 0 Å². The normalized spacial score (nSPS) is 9.56. The minimum Gasteiger partial charge on any atom is -0.229 e. The Morgan fingerprint density at radius 3 is 2.78 bits per heavy atom. The van der Waals surface area contributed by atoms with Gasteiger partial charge < -0.3 is 0 Å². The predicted octanol–water partition coefficient (Wildman–Crippen LogP) is 2.67. The lowest BCUT2D eigenvalue weighted by molar-refractivity contribution is 1.14. The number of thiol groups is 1. The number of hydrogen-bond donors (Lipinski definition) is 1. The van der Waals surface area contributed by atoms with Gasteiger partial charge in [-0.25, -0.2) is 4.98 Å². The number of aromatic nitrogens is 1. The minimum atomic E-state index is 0.508. The van der Waals surface area contributed by atoms with Gasteiger partial charge in [-0.15, -0.1) is 11.7 Å². The Morgan fingerprint density at radius 1 is 1.56 bits per heavy atom. The van der Waals surface area contributed by atoms with Crippen molar-refractivity contribution in [3.05, 3.63) is 23.4 Å². The second-order valence-corrected chi connectivity index (χ2v) is 2.93. The fourth-order valence-corrected chi connectivity index (χ4v) is 1.24. The molecule has 0 aliphatic heterocycles. The van der Waals surface area contributed by atoms with Gasteiger partial charge in [-0.3, -0.25) is 0 Å². The van der Waals surface area contributed by atoms with Crippen LogP contribution in [-0.2, 0) is 0 Å². The quantitative estimate of drug-likeness (QED) is 0.403. The van der Waals surface area contributed by atoms with Gasteiger partial charge in [0.2, 0.25) is 0 Å². The van der Waals surface area contributed by atoms with E-state index in [2.05, 4.69) is 16.6 Å². The highest BCUT2D eigenvalue weighted by atomic mass is 35.5. The maximum absolute atomic E-state index is 5.57. The molecule has 48 valence electrons. The monoisotopic (exact) mass is 177 g/mol. The number of pyridine rings is 1. The molecule has 0 unspecified atom stereocenters. The molecule has 0 aliphatic rings. The van der Waals surface area contributed by atoms with Crippen molar-refractivity contribution in [1.29, 1.82) is 0 Å². The molecule has 0 amide bonds. The van der Waals surface area contributed by atoms with Crippen LogP contribution >= 0.6 is 34.1 Å². The SMILES string of the molecule is SSc1cccc(Cl)n1. The summed E-state index contributed by atoms with van der Waals surface area (Å²) in [5.41, 5.74) is 0. The average molecular weight is 178 g/mol. The lowest BCUT2D eigenvalue weighted by Gasteiger charge is -1.91. The van der Waals surface area contributed by atoms with Gasteiger partial charge in [-0.2, -0.15) is 0 Å². The highest BCUT2D eigenvalue weighted by Gasteiger charge is 1.90. The average Bonchev–Trinajstić information content (AvgIpc) is 1.88. The predicted molar refractivity (Wildman–Crippen MR) is 44.1 cm³/mol. The maximum Gasteiger partial charge on any atom is 0.130 e. The zero-order chi connectivity index (χ0) is 6.69. The van der Waals surface area contributed by atoms with Crippen LogP contribution in [-0.4, -0.2) is 4.98 Å². The molecule has 0 aromatic carbocycles. The lowest BCUT2D eigenvalue weighted by atomic mass is 10.5. The molecule has 4 heteroatoms. The number of rotatable bonds is 1. The third-order valence-corrected chi connectivity index (χ3v) is 1.97. The first-order valence-corrected chi connectivity index (χ1v) is 4.51. The minimum absolute atomic E-state index is 0.508. The van der Waals surface area contributed by atoms with E-state index in [0.717, 1.165) is 5.03 Å². The molecule has 0 aliphatic carbocycles. The summed E-state index contributed by atoms with van der Waals surface area (Å²) in [7, 11) is 1.28. The molecular weight excluding hydrogens is 174 g/mol. The van der Waals surface area contributed by atoms with E-state index >= 15 is 0 Å². The van der Waals surface area contributed by atoms with Crippen LogP contribution in [0.1, 0.15) is 0 Å². The lowest BCUT2D eigenvalue weighted by Crippen LogP contribution is -1.74. The van der Waals surface area contributed by atoms with E-state index in [4.69, 9.17) is 11.6 Å². The highest BCUT2D eigenvalue weighted by molar-refractivity contribution is 8.68. The van der Waals surface area contributed by atoms with Crippen molar-refractivity contribution < 1.29 is 0 Å². The molecule has 9 heavy (non-hydrogen) atoms. The van der Waals surface area contributed by atoms with E-state index < -0.39 is 0 Å². The van der Waals surface area contributed by atoms with Gasteiger partial charge in [0.15, 0.2) is 0 Å². The summed E-state index contributed by atoms with van der Waals surface area (Å²) in [5.74, 6) is 0. The topological polar surface area (TPSA) is 12.9 Å². The van der Waals surface area contributed by atoms with Crippen molar-refractivity contribution in [1.82, 2.24) is 4.98 Å². The van der Waals surface area contributed by atoms with Gasteiger partial charge in [0.1, 0.15) is 10.2 Å². The van der Waals surface area contributed by atoms with E-state index in [1.165, 1.54) is 10.8 Å². The molecule has 1 nitrogen and oxygen atoms in total. The molecular formula is C5H4ClNS2. The van der Waals surface area contributed by atoms with E-state index in [1.54, 1.807) is 6.07 Å². The standard InChI is InChI=1S/C5H4ClNS2/c6-4-2-1-3-5(7-4)9-8/h1-3,8H. The molecule has 0 radical (unpaired) electrons. The van der Waals surface area contributed by atoms with E-state index in [-0.39, 0.29) is 0 Å². The third kappa shape index (κ3) is 2.08. The molecule has 0 bridgehead atoms. The van der Waals surface area contributed by atoms with Crippen LogP contribution in [0.2, 0.25) is 5.15 Å². The summed E-state index contributed by atoms with van der Waals surface area (Å²) in [6.07, 6.45) is 0. The fourth-order valence-electron chi connectivity index (χ4n) is 0.440. The fraction of sp³-hybridized carbons (Fsp3) is 0. The van der Waals surface area contributed by atoms with Crippen LogP contribution in [0.25, 0.3) is 0 Å². The van der Waals surface area contributed by atoms with Crippen molar-refractivity contribution >= 4 is 34.1 Å². The third-order valence-electron chi connectivity index (χ3n) is 0.783. The summed E-state index contributed by atoms with van der Waals surface area (Å²) >= 11 is 9.52. The van der Waals surface area contributed by atoms with Gasteiger partial charge in [-0.1, -0.05) is 17.7 Å². The van der Waals surface area contributed by atoms with Gasteiger partial charge in [-0.05, 0) is 22.9 Å². The maximum atomic E-state index is 5.57. The molecule has 0 fully saturated rings. The van der Waals surface area contributed by atoms with Crippen LogP contribution in [0, 0.1) is 0 Å². The van der Waals surface area contributed by atoms with E-state index in [0.29, 0.717) is 5.15 Å². The number of hydrogen-bond acceptors (Lipinski definition) is 3. The first-order valence-electron chi connectivity index (χ1n) is 2.27. The van der Waals surface area contributed by atoms with Gasteiger partial charge in [0, 0.05) is 0 Å². The summed E-state index contributed by atoms with van der Waals surface area (Å²) < 4.78 is 0. The van der Waals surface area contributed by atoms with E-state index in [1.807, 2.05) is 12.1 Å². The summed E-state index contributed by atoms with van der Waals surface area (Å²) in [6, 6.07) is 5.42. The van der Waals surface area contributed by atoms with E-state index in [9.17, 15) is 0 Å². The van der Waals surface area contributed by atoms with Crippen molar-refractivity contribution in [2.45, 2.75) is 5.03 Å². The van der Waals surface area contributed by atoms with Crippen molar-refractivity contribution in [3.8, 4) is 0 Å². The number of nitrogens with zero attached hydrogens (tertiary/aromatic N) is 1. The molecule has 1 aromatic heterocycles. The Kier molecular flexibility index (Phi) is 2.69. The van der Waals surface area contributed by atoms with Crippen LogP contribution in [0.5, 0.6) is 0 Å². The summed E-state index contributed by atoms with van der Waals surface area (Å²) in [4.78, 5) is 3.94. The van der Waals surface area contributed by atoms with Crippen molar-refractivity contribution in [2.75, 3.05) is 0 Å². The Hall–Kier alpha value is 0.140. The van der Waals surface area contributed by atoms with Gasteiger partial charge in [0.05, 0.1) is 0 Å². The summed E-state index contributed by atoms with van der Waals surface area (Å²) in [6.45, 7) is 0. The molecule has 0 spiro atoms. The zero-order valence-corrected chi connectivity index (χ0v) is 6.88. The van der Waals surface area contributed by atoms with Crippen LogP contribution in [0.15, 0.2) is 23.2 Å². The van der Waals surface area contributed by atoms with Crippen LogP contribution < -0.4 is 0 Å². The van der Waals surface area contributed by atoms with Crippen molar-refractivity contribution in [2.24, 2.45) is 0 Å². The molecule has 1 aromatic rings. The second-order valence-electron chi connectivity index (χ2n) is 1.39. The Balaban J connectivity index is 2.94. The molecule has 0 atom stereocenters. The second kappa shape index (κ2) is 3.34. The highest BCUT2D eigenvalue weighted by Crippen LogP contribution is 2.19. The molecule has 1 heterocycles. The Bertz CT molecular complexity index is 204. The summed E-state index contributed by atoms with van der Waals surface area (Å²) in [5, 5.41) is 1.33. The van der Waals surface area contributed by atoms with Crippen LogP contribution in [0.3, 0.4) is 0 Å². The first kappa shape index (κ1) is 7.25. The number of halogens is 1. The Labute approximate surface area is 67.6 Å². The smallest absolute Gasteiger partial charge is 0.130 e. The first-order chi connectivity index (χ1) is 4.33. The Morgan fingerprint density at radius 2 is 2.33 bits per heavy atom. The molecule has 0 N–H and O–H groups in total. The van der Waals surface area contributed by atoms with Gasteiger partial charge in [0.25, 0.3) is 0 Å². The molecule has 0 saturated heterocycles. The van der Waals surface area contributed by atoms with Crippen molar-refractivity contribution in [3.63, 3.8) is 0 Å².